The van der Waals surface area contributed by atoms with Gasteiger partial charge in [0.05, 0.1) is 23.0 Å². The van der Waals surface area contributed by atoms with E-state index in [9.17, 15) is 9.50 Å². The minimum atomic E-state index is -0.411. The molecule has 0 saturated heterocycles. The number of para-hydroxylation sites is 2. The first-order valence-electron chi connectivity index (χ1n) is 12.0. The van der Waals surface area contributed by atoms with Crippen molar-refractivity contribution in [3.63, 3.8) is 0 Å². The van der Waals surface area contributed by atoms with E-state index in [1.165, 1.54) is 18.9 Å². The zero-order chi connectivity index (χ0) is 23.4. The summed E-state index contributed by atoms with van der Waals surface area (Å²) in [6.45, 7) is 8.35. The van der Waals surface area contributed by atoms with E-state index >= 15 is 0 Å². The first-order valence-corrected chi connectivity index (χ1v) is 12.0. The van der Waals surface area contributed by atoms with E-state index in [1.807, 2.05) is 37.3 Å². The first kappa shape index (κ1) is 23.5. The van der Waals surface area contributed by atoms with Gasteiger partial charge in [-0.1, -0.05) is 51.1 Å². The van der Waals surface area contributed by atoms with E-state index < -0.39 is 5.82 Å². The van der Waals surface area contributed by atoms with Gasteiger partial charge in [0, 0.05) is 19.6 Å². The smallest absolute Gasteiger partial charge is 0.227 e. The van der Waals surface area contributed by atoms with Crippen LogP contribution in [0.3, 0.4) is 0 Å². The molecule has 4 rings (SSSR count). The summed E-state index contributed by atoms with van der Waals surface area (Å²) in [6, 6.07) is 16.3. The van der Waals surface area contributed by atoms with Crippen LogP contribution in [0.2, 0.25) is 0 Å². The highest BCUT2D eigenvalue weighted by Crippen LogP contribution is 2.37. The number of aromatic nitrogens is 2. The quantitative estimate of drug-likeness (QED) is 0.394. The van der Waals surface area contributed by atoms with Crippen molar-refractivity contribution in [3.8, 4) is 17.3 Å². The van der Waals surface area contributed by atoms with Crippen molar-refractivity contribution < 1.29 is 14.2 Å². The Bertz CT molecular complexity index is 1050. The Balaban J connectivity index is 1.79. The lowest BCUT2D eigenvalue weighted by atomic mass is 10.0. The molecule has 1 aromatic heterocycles. The van der Waals surface area contributed by atoms with Gasteiger partial charge in [0.1, 0.15) is 0 Å². The Hall–Kier alpha value is -2.70. The Morgan fingerprint density at radius 3 is 2.45 bits per heavy atom. The lowest BCUT2D eigenvalue weighted by molar-refractivity contribution is 0.102. The SMILES string of the molecule is CC[C@H](O)CN(Cc1c(C(C)C)nn(-c2ccccc2)c1Oc1ccccc1F)CC1CC1. The molecule has 2 aromatic carbocycles. The molecule has 0 unspecified atom stereocenters. The summed E-state index contributed by atoms with van der Waals surface area (Å²) >= 11 is 0. The van der Waals surface area contributed by atoms with Gasteiger partial charge in [-0.2, -0.15) is 5.10 Å². The maximum absolute atomic E-state index is 14.6. The fourth-order valence-corrected chi connectivity index (χ4v) is 4.06. The number of aliphatic hydroxyl groups excluding tert-OH is 1. The van der Waals surface area contributed by atoms with Gasteiger partial charge in [-0.05, 0) is 55.4 Å². The molecule has 0 aliphatic heterocycles. The summed E-state index contributed by atoms with van der Waals surface area (Å²) in [4.78, 5) is 2.30. The molecule has 0 bridgehead atoms. The van der Waals surface area contributed by atoms with Crippen molar-refractivity contribution in [2.24, 2.45) is 5.92 Å². The fraction of sp³-hybridized carbons (Fsp3) is 0.444. The average molecular weight is 452 g/mol. The summed E-state index contributed by atoms with van der Waals surface area (Å²) in [5.41, 5.74) is 2.73. The van der Waals surface area contributed by atoms with Crippen LogP contribution in [0.25, 0.3) is 5.69 Å². The van der Waals surface area contributed by atoms with Gasteiger partial charge in [-0.15, -0.1) is 0 Å². The van der Waals surface area contributed by atoms with E-state index in [0.29, 0.717) is 31.3 Å². The number of halogens is 1. The van der Waals surface area contributed by atoms with Gasteiger partial charge in [0.15, 0.2) is 11.6 Å². The number of rotatable bonds is 11. The number of hydrogen-bond donors (Lipinski definition) is 1. The minimum absolute atomic E-state index is 0.159. The number of aliphatic hydroxyl groups is 1. The molecular weight excluding hydrogens is 417 g/mol. The maximum atomic E-state index is 14.6. The molecule has 3 aromatic rings. The lowest BCUT2D eigenvalue weighted by Gasteiger charge is -2.25. The number of benzene rings is 2. The van der Waals surface area contributed by atoms with Gasteiger partial charge in [0.2, 0.25) is 5.88 Å². The van der Waals surface area contributed by atoms with Gasteiger partial charge < -0.3 is 9.84 Å². The van der Waals surface area contributed by atoms with Crippen molar-refractivity contribution in [2.75, 3.05) is 13.1 Å². The first-order chi connectivity index (χ1) is 16.0. The average Bonchev–Trinajstić information content (AvgIpc) is 3.56. The second-order valence-corrected chi connectivity index (χ2v) is 9.30. The van der Waals surface area contributed by atoms with E-state index in [4.69, 9.17) is 9.84 Å². The standard InChI is InChI=1S/C27H34FN3O2/c1-4-22(32)17-30(16-20-14-15-20)18-23-26(19(2)3)29-31(21-10-6-5-7-11-21)27(23)33-25-13-9-8-12-24(25)28/h5-13,19-20,22,32H,4,14-18H2,1-3H3/t22-/m0/s1. The molecule has 1 fully saturated rings. The van der Waals surface area contributed by atoms with Crippen LogP contribution in [-0.4, -0.2) is 39.0 Å². The third kappa shape index (κ3) is 5.81. The highest BCUT2D eigenvalue weighted by atomic mass is 19.1. The van der Waals surface area contributed by atoms with Gasteiger partial charge in [0.25, 0.3) is 0 Å². The highest BCUT2D eigenvalue weighted by molar-refractivity contribution is 5.44. The van der Waals surface area contributed by atoms with Gasteiger partial charge >= 0.3 is 0 Å². The van der Waals surface area contributed by atoms with Crippen molar-refractivity contribution in [1.29, 1.82) is 0 Å². The van der Waals surface area contributed by atoms with E-state index in [2.05, 4.69) is 18.7 Å². The zero-order valence-electron chi connectivity index (χ0n) is 19.7. The molecule has 0 radical (unpaired) electrons. The molecular formula is C27H34FN3O2. The van der Waals surface area contributed by atoms with Gasteiger partial charge in [-0.25, -0.2) is 9.07 Å². The van der Waals surface area contributed by atoms with E-state index in [-0.39, 0.29) is 17.8 Å². The third-order valence-electron chi connectivity index (χ3n) is 6.09. The molecule has 0 spiro atoms. The van der Waals surface area contributed by atoms with Crippen molar-refractivity contribution in [1.82, 2.24) is 14.7 Å². The maximum Gasteiger partial charge on any atom is 0.227 e. The molecule has 0 amide bonds. The second kappa shape index (κ2) is 10.5. The Labute approximate surface area is 195 Å². The monoisotopic (exact) mass is 451 g/mol. The molecule has 1 aliphatic carbocycles. The van der Waals surface area contributed by atoms with Crippen LogP contribution in [-0.2, 0) is 6.54 Å². The van der Waals surface area contributed by atoms with E-state index in [0.717, 1.165) is 23.5 Å². The van der Waals surface area contributed by atoms with Crippen molar-refractivity contribution >= 4 is 0 Å². The van der Waals surface area contributed by atoms with Crippen molar-refractivity contribution in [2.45, 2.75) is 58.6 Å². The molecule has 1 N–H and O–H groups in total. The van der Waals surface area contributed by atoms with Crippen LogP contribution >= 0.6 is 0 Å². The second-order valence-electron chi connectivity index (χ2n) is 9.30. The predicted molar refractivity (Wildman–Crippen MR) is 128 cm³/mol. The molecule has 1 heterocycles. The van der Waals surface area contributed by atoms with Crippen LogP contribution in [0.4, 0.5) is 4.39 Å². The summed E-state index contributed by atoms with van der Waals surface area (Å²) in [6.07, 6.45) is 2.79. The molecule has 33 heavy (non-hydrogen) atoms. The van der Waals surface area contributed by atoms with E-state index in [1.54, 1.807) is 22.9 Å². The number of nitrogens with zero attached hydrogens (tertiary/aromatic N) is 3. The summed E-state index contributed by atoms with van der Waals surface area (Å²) in [7, 11) is 0. The third-order valence-corrected chi connectivity index (χ3v) is 6.09. The van der Waals surface area contributed by atoms with Crippen molar-refractivity contribution in [3.05, 3.63) is 71.7 Å². The Morgan fingerprint density at radius 1 is 1.12 bits per heavy atom. The fourth-order valence-electron chi connectivity index (χ4n) is 4.06. The Morgan fingerprint density at radius 2 is 1.82 bits per heavy atom. The topological polar surface area (TPSA) is 50.5 Å². The molecule has 1 aliphatic rings. The number of ether oxygens (including phenoxy) is 1. The van der Waals surface area contributed by atoms with Crippen LogP contribution in [0.15, 0.2) is 54.6 Å². The van der Waals surface area contributed by atoms with Crippen LogP contribution in [0.1, 0.15) is 57.2 Å². The highest BCUT2D eigenvalue weighted by Gasteiger charge is 2.29. The normalized spacial score (nSPS) is 14.8. The molecule has 6 heteroatoms. The van der Waals surface area contributed by atoms with Crippen LogP contribution in [0.5, 0.6) is 11.6 Å². The summed E-state index contributed by atoms with van der Waals surface area (Å²) < 4.78 is 22.6. The van der Waals surface area contributed by atoms with Crippen LogP contribution < -0.4 is 4.74 Å². The van der Waals surface area contributed by atoms with Crippen LogP contribution in [0, 0.1) is 11.7 Å². The largest absolute Gasteiger partial charge is 0.435 e. The zero-order valence-corrected chi connectivity index (χ0v) is 19.7. The molecule has 176 valence electrons. The molecule has 1 atom stereocenters. The van der Waals surface area contributed by atoms with Gasteiger partial charge in [-0.3, -0.25) is 4.90 Å². The summed E-state index contributed by atoms with van der Waals surface area (Å²) in [5.74, 6) is 1.13. The lowest BCUT2D eigenvalue weighted by Crippen LogP contribution is -2.33. The molecule has 5 nitrogen and oxygen atoms in total. The molecule has 1 saturated carbocycles. The summed E-state index contributed by atoms with van der Waals surface area (Å²) in [5, 5.41) is 15.3. The Kier molecular flexibility index (Phi) is 7.46. The minimum Gasteiger partial charge on any atom is -0.435 e. The predicted octanol–water partition coefficient (Wildman–Crippen LogP) is 5.91. The number of hydrogen-bond acceptors (Lipinski definition) is 4.